The molecule has 0 atom stereocenters. The van der Waals surface area contributed by atoms with Crippen molar-refractivity contribution in [3.05, 3.63) is 34.3 Å². The maximum absolute atomic E-state index is 12.1. The Morgan fingerprint density at radius 3 is 2.47 bits per heavy atom. The van der Waals surface area contributed by atoms with Gasteiger partial charge in [-0.15, -0.1) is 0 Å². The summed E-state index contributed by atoms with van der Waals surface area (Å²) in [6.07, 6.45) is 3.82. The largest absolute Gasteiger partial charge is 0.389 e. The second kappa shape index (κ2) is 6.06. The molecule has 0 aliphatic heterocycles. The molecule has 1 aromatic carbocycles. The lowest BCUT2D eigenvalue weighted by atomic mass is 9.97. The van der Waals surface area contributed by atoms with E-state index >= 15 is 0 Å². The summed E-state index contributed by atoms with van der Waals surface area (Å²) in [6.45, 7) is 0.586. The Morgan fingerprint density at radius 2 is 1.89 bits per heavy atom. The van der Waals surface area contributed by atoms with Gasteiger partial charge in [-0.1, -0.05) is 40.9 Å². The number of nitrogens with zero attached hydrogens (tertiary/aromatic N) is 1. The van der Waals surface area contributed by atoms with E-state index in [2.05, 4.69) is 15.9 Å². The molecule has 0 bridgehead atoms. The predicted molar refractivity (Wildman–Crippen MR) is 78.7 cm³/mol. The fraction of sp³-hybridized carbons (Fsp3) is 0.533. The Morgan fingerprint density at radius 1 is 1.32 bits per heavy atom. The third-order valence-corrected chi connectivity index (χ3v) is 4.30. The van der Waals surface area contributed by atoms with Crippen LogP contribution < -0.4 is 0 Å². The lowest BCUT2D eigenvalue weighted by molar-refractivity contribution is -0.135. The quantitative estimate of drug-likeness (QED) is 0.924. The molecular weight excluding hydrogens is 306 g/mol. The summed E-state index contributed by atoms with van der Waals surface area (Å²) < 4.78 is 1.03. The van der Waals surface area contributed by atoms with Crippen LogP contribution in [0.15, 0.2) is 28.7 Å². The molecule has 19 heavy (non-hydrogen) atoms. The first-order valence-electron chi connectivity index (χ1n) is 6.69. The maximum atomic E-state index is 12.1. The number of benzene rings is 1. The number of halogens is 1. The monoisotopic (exact) mass is 325 g/mol. The molecule has 104 valence electrons. The Balaban J connectivity index is 1.90. The zero-order valence-corrected chi connectivity index (χ0v) is 12.8. The van der Waals surface area contributed by atoms with Gasteiger partial charge in [0.2, 0.25) is 5.91 Å². The van der Waals surface area contributed by atoms with Gasteiger partial charge in [0.15, 0.2) is 0 Å². The summed E-state index contributed by atoms with van der Waals surface area (Å²) >= 11 is 3.39. The molecule has 0 heterocycles. The minimum Gasteiger partial charge on any atom is -0.389 e. The summed E-state index contributed by atoms with van der Waals surface area (Å²) in [5, 5.41) is 10.3. The highest BCUT2D eigenvalue weighted by Crippen LogP contribution is 2.32. The van der Waals surface area contributed by atoms with Gasteiger partial charge in [-0.2, -0.15) is 0 Å². The lowest BCUT2D eigenvalue weighted by Gasteiger charge is -2.25. The lowest BCUT2D eigenvalue weighted by Crippen LogP contribution is -2.35. The van der Waals surface area contributed by atoms with Gasteiger partial charge in [-0.05, 0) is 30.5 Å². The van der Waals surface area contributed by atoms with Crippen LogP contribution in [0.5, 0.6) is 0 Å². The van der Waals surface area contributed by atoms with Gasteiger partial charge in [-0.3, -0.25) is 4.79 Å². The first-order chi connectivity index (χ1) is 8.98. The standard InChI is InChI=1S/C15H20BrNO2/c1-17(11-12-4-6-13(16)7-5-12)14(18)10-15(19)8-2-3-9-15/h4-7,19H,2-3,8-11H2,1H3. The third-order valence-electron chi connectivity index (χ3n) is 3.77. The van der Waals surface area contributed by atoms with Crippen molar-refractivity contribution in [2.45, 2.75) is 44.2 Å². The van der Waals surface area contributed by atoms with Crippen molar-refractivity contribution in [2.75, 3.05) is 7.05 Å². The Labute approximate surface area is 122 Å². The minimum absolute atomic E-state index is 0.0207. The van der Waals surface area contributed by atoms with Crippen LogP contribution in [-0.4, -0.2) is 28.6 Å². The molecule has 2 rings (SSSR count). The average Bonchev–Trinajstić information content (AvgIpc) is 2.78. The molecule has 4 heteroatoms. The summed E-state index contributed by atoms with van der Waals surface area (Å²) in [5.74, 6) is 0.0207. The van der Waals surface area contributed by atoms with Gasteiger partial charge in [0, 0.05) is 18.1 Å². The highest BCUT2D eigenvalue weighted by Gasteiger charge is 2.34. The van der Waals surface area contributed by atoms with E-state index < -0.39 is 5.60 Å². The molecule has 0 radical (unpaired) electrons. The summed E-state index contributed by atoms with van der Waals surface area (Å²) in [4.78, 5) is 13.8. The van der Waals surface area contributed by atoms with E-state index in [9.17, 15) is 9.90 Å². The van der Waals surface area contributed by atoms with Gasteiger partial charge < -0.3 is 10.0 Å². The topological polar surface area (TPSA) is 40.5 Å². The number of amides is 1. The van der Waals surface area contributed by atoms with Crippen molar-refractivity contribution in [2.24, 2.45) is 0 Å². The SMILES string of the molecule is CN(Cc1ccc(Br)cc1)C(=O)CC1(O)CCCC1. The van der Waals surface area contributed by atoms with Crippen molar-refractivity contribution in [1.82, 2.24) is 4.90 Å². The van der Waals surface area contributed by atoms with Gasteiger partial charge >= 0.3 is 0 Å². The van der Waals surface area contributed by atoms with Crippen molar-refractivity contribution in [3.8, 4) is 0 Å². The predicted octanol–water partition coefficient (Wildman–Crippen LogP) is 3.10. The van der Waals surface area contributed by atoms with Crippen LogP contribution in [0.4, 0.5) is 0 Å². The first-order valence-corrected chi connectivity index (χ1v) is 7.49. The molecule has 1 aromatic rings. The van der Waals surface area contributed by atoms with E-state index in [1.54, 1.807) is 11.9 Å². The molecule has 1 aliphatic carbocycles. The Kier molecular flexibility index (Phi) is 4.63. The fourth-order valence-corrected chi connectivity index (χ4v) is 2.84. The fourth-order valence-electron chi connectivity index (χ4n) is 2.58. The Hall–Kier alpha value is -0.870. The molecule has 1 amide bonds. The summed E-state index contributed by atoms with van der Waals surface area (Å²) in [6, 6.07) is 7.94. The van der Waals surface area contributed by atoms with Gasteiger partial charge in [0.1, 0.15) is 0 Å². The van der Waals surface area contributed by atoms with Gasteiger partial charge in [0.25, 0.3) is 0 Å². The third kappa shape index (κ3) is 4.05. The number of aliphatic hydroxyl groups is 1. The number of hydrogen-bond acceptors (Lipinski definition) is 2. The highest BCUT2D eigenvalue weighted by molar-refractivity contribution is 9.10. The highest BCUT2D eigenvalue weighted by atomic mass is 79.9. The van der Waals surface area contributed by atoms with Crippen LogP contribution in [0, 0.1) is 0 Å². The van der Waals surface area contributed by atoms with Crippen LogP contribution in [0.25, 0.3) is 0 Å². The zero-order valence-electron chi connectivity index (χ0n) is 11.2. The zero-order chi connectivity index (χ0) is 13.9. The number of hydrogen-bond donors (Lipinski definition) is 1. The Bertz CT molecular complexity index is 438. The van der Waals surface area contributed by atoms with E-state index in [1.165, 1.54) is 0 Å². The van der Waals surface area contributed by atoms with E-state index in [0.29, 0.717) is 6.54 Å². The van der Waals surface area contributed by atoms with Crippen LogP contribution in [0.3, 0.4) is 0 Å². The molecule has 1 N–H and O–H groups in total. The van der Waals surface area contributed by atoms with Crippen molar-refractivity contribution >= 4 is 21.8 Å². The van der Waals surface area contributed by atoms with Crippen molar-refractivity contribution in [3.63, 3.8) is 0 Å². The molecule has 3 nitrogen and oxygen atoms in total. The van der Waals surface area contributed by atoms with E-state index in [1.807, 2.05) is 24.3 Å². The molecule has 1 fully saturated rings. The molecule has 1 saturated carbocycles. The number of rotatable bonds is 4. The molecule has 0 spiro atoms. The van der Waals surface area contributed by atoms with Crippen LogP contribution >= 0.6 is 15.9 Å². The van der Waals surface area contributed by atoms with Gasteiger partial charge in [0.05, 0.1) is 12.0 Å². The first kappa shape index (κ1) is 14.5. The minimum atomic E-state index is -0.759. The van der Waals surface area contributed by atoms with Crippen LogP contribution in [0.1, 0.15) is 37.7 Å². The summed E-state index contributed by atoms with van der Waals surface area (Å²) in [5.41, 5.74) is 0.336. The normalized spacial score (nSPS) is 17.4. The second-order valence-electron chi connectivity index (χ2n) is 5.48. The number of carbonyl (C=O) groups is 1. The molecule has 1 aliphatic rings. The van der Waals surface area contributed by atoms with E-state index in [4.69, 9.17) is 0 Å². The van der Waals surface area contributed by atoms with E-state index in [-0.39, 0.29) is 12.3 Å². The van der Waals surface area contributed by atoms with Gasteiger partial charge in [-0.25, -0.2) is 0 Å². The maximum Gasteiger partial charge on any atom is 0.225 e. The van der Waals surface area contributed by atoms with Crippen LogP contribution in [0.2, 0.25) is 0 Å². The van der Waals surface area contributed by atoms with Crippen molar-refractivity contribution in [1.29, 1.82) is 0 Å². The van der Waals surface area contributed by atoms with Crippen LogP contribution in [-0.2, 0) is 11.3 Å². The number of carbonyl (C=O) groups excluding carboxylic acids is 1. The molecular formula is C15H20BrNO2. The summed E-state index contributed by atoms with van der Waals surface area (Å²) in [7, 11) is 1.79. The van der Waals surface area contributed by atoms with Crippen molar-refractivity contribution < 1.29 is 9.90 Å². The molecule has 0 unspecified atom stereocenters. The van der Waals surface area contributed by atoms with E-state index in [0.717, 1.165) is 35.7 Å². The second-order valence-corrected chi connectivity index (χ2v) is 6.40. The average molecular weight is 326 g/mol. The molecule has 0 aromatic heterocycles. The smallest absolute Gasteiger partial charge is 0.225 e. The molecule has 0 saturated heterocycles.